The quantitative estimate of drug-likeness (QED) is 0.873. The molecule has 0 aliphatic heterocycles. The average Bonchev–Trinajstić information content (AvgIpc) is 2.87. The first kappa shape index (κ1) is 12.3. The van der Waals surface area contributed by atoms with Crippen LogP contribution in [0.4, 0.5) is 0 Å². The molecule has 6 heteroatoms. The van der Waals surface area contributed by atoms with E-state index in [-0.39, 0.29) is 5.91 Å². The van der Waals surface area contributed by atoms with E-state index >= 15 is 0 Å². The Bertz CT molecular complexity index is 521. The number of aryl methyl sites for hydroxylation is 1. The largest absolute Gasteiger partial charge is 0.345 e. The van der Waals surface area contributed by atoms with Crippen molar-refractivity contribution < 1.29 is 4.79 Å². The number of halogens is 1. The van der Waals surface area contributed by atoms with Gasteiger partial charge in [0.2, 0.25) is 0 Å². The minimum atomic E-state index is -0.00815. The first-order valence-electron chi connectivity index (χ1n) is 5.02. The Morgan fingerprint density at radius 1 is 1.65 bits per heavy atom. The summed E-state index contributed by atoms with van der Waals surface area (Å²) >= 11 is 4.89. The van der Waals surface area contributed by atoms with Crippen LogP contribution in [0.25, 0.3) is 0 Å². The lowest BCUT2D eigenvalue weighted by atomic mass is 10.3. The van der Waals surface area contributed by atoms with Crippen molar-refractivity contribution in [2.45, 2.75) is 6.54 Å². The third-order valence-electron chi connectivity index (χ3n) is 2.42. The van der Waals surface area contributed by atoms with Crippen LogP contribution in [0.1, 0.15) is 16.2 Å². The predicted molar refractivity (Wildman–Crippen MR) is 71.0 cm³/mol. The normalized spacial score (nSPS) is 10.5. The summed E-state index contributed by atoms with van der Waals surface area (Å²) in [6.07, 6.45) is 1.86. The van der Waals surface area contributed by atoms with Gasteiger partial charge in [-0.1, -0.05) is 0 Å². The van der Waals surface area contributed by atoms with Gasteiger partial charge in [-0.05, 0) is 22.0 Å². The molecule has 0 saturated carbocycles. The van der Waals surface area contributed by atoms with Crippen LogP contribution in [-0.2, 0) is 13.6 Å². The Hall–Kier alpha value is -1.14. The van der Waals surface area contributed by atoms with E-state index in [4.69, 9.17) is 0 Å². The van der Waals surface area contributed by atoms with Crippen LogP contribution in [-0.4, -0.2) is 27.4 Å². The molecule has 0 unspecified atom stereocenters. The Labute approximate surface area is 112 Å². The van der Waals surface area contributed by atoms with E-state index in [9.17, 15) is 4.79 Å². The lowest BCUT2D eigenvalue weighted by Gasteiger charge is -2.16. The number of aromatic nitrogens is 2. The van der Waals surface area contributed by atoms with Crippen LogP contribution < -0.4 is 0 Å². The molecule has 2 heterocycles. The van der Waals surface area contributed by atoms with Crippen molar-refractivity contribution in [1.29, 1.82) is 0 Å². The van der Waals surface area contributed by atoms with Gasteiger partial charge in [-0.3, -0.25) is 4.79 Å². The molecule has 2 aromatic heterocycles. The summed E-state index contributed by atoms with van der Waals surface area (Å²) in [6.45, 7) is 0.533. The van der Waals surface area contributed by atoms with Crippen LogP contribution in [0, 0.1) is 0 Å². The van der Waals surface area contributed by atoms with Gasteiger partial charge >= 0.3 is 0 Å². The SMILES string of the molecule is CN(Cc1cscn1)C(=O)c1cc(Br)cn1C. The van der Waals surface area contributed by atoms with Gasteiger partial charge < -0.3 is 9.47 Å². The molecule has 2 rings (SSSR count). The lowest BCUT2D eigenvalue weighted by Crippen LogP contribution is -2.27. The zero-order valence-corrected chi connectivity index (χ0v) is 12.0. The zero-order valence-electron chi connectivity index (χ0n) is 9.55. The molecule has 0 saturated heterocycles. The summed E-state index contributed by atoms with van der Waals surface area (Å²) < 4.78 is 2.72. The van der Waals surface area contributed by atoms with Crippen LogP contribution >= 0.6 is 27.3 Å². The van der Waals surface area contributed by atoms with Gasteiger partial charge in [0.15, 0.2) is 0 Å². The molecule has 4 nitrogen and oxygen atoms in total. The maximum absolute atomic E-state index is 12.2. The topological polar surface area (TPSA) is 38.1 Å². The van der Waals surface area contributed by atoms with Gasteiger partial charge in [-0.2, -0.15) is 0 Å². The fraction of sp³-hybridized carbons (Fsp3) is 0.273. The second-order valence-electron chi connectivity index (χ2n) is 3.80. The first-order valence-corrected chi connectivity index (χ1v) is 6.76. The fourth-order valence-corrected chi connectivity index (χ4v) is 2.64. The van der Waals surface area contributed by atoms with Gasteiger partial charge in [0.25, 0.3) is 5.91 Å². The second-order valence-corrected chi connectivity index (χ2v) is 5.43. The highest BCUT2D eigenvalue weighted by atomic mass is 79.9. The van der Waals surface area contributed by atoms with Crippen molar-refractivity contribution in [3.8, 4) is 0 Å². The Morgan fingerprint density at radius 3 is 2.94 bits per heavy atom. The molecule has 0 spiro atoms. The standard InChI is InChI=1S/C11H12BrN3OS/c1-14-4-8(12)3-10(14)11(16)15(2)5-9-6-17-7-13-9/h3-4,6-7H,5H2,1-2H3. The van der Waals surface area contributed by atoms with Gasteiger partial charge in [0.05, 0.1) is 17.7 Å². The average molecular weight is 314 g/mol. The highest BCUT2D eigenvalue weighted by molar-refractivity contribution is 9.10. The fourth-order valence-electron chi connectivity index (χ4n) is 1.56. The third kappa shape index (κ3) is 2.76. The minimum Gasteiger partial charge on any atom is -0.345 e. The molecule has 1 amide bonds. The highest BCUT2D eigenvalue weighted by Crippen LogP contribution is 2.16. The molecule has 0 atom stereocenters. The van der Waals surface area contributed by atoms with Crippen molar-refractivity contribution in [3.05, 3.63) is 39.0 Å². The summed E-state index contributed by atoms with van der Waals surface area (Å²) in [5.74, 6) is -0.00815. The van der Waals surface area contributed by atoms with E-state index in [0.717, 1.165) is 10.2 Å². The van der Waals surface area contributed by atoms with Crippen molar-refractivity contribution in [1.82, 2.24) is 14.5 Å². The summed E-state index contributed by atoms with van der Waals surface area (Å²) in [6, 6.07) is 1.82. The molecule has 90 valence electrons. The van der Waals surface area contributed by atoms with E-state index in [2.05, 4.69) is 20.9 Å². The number of rotatable bonds is 3. The van der Waals surface area contributed by atoms with Crippen molar-refractivity contribution in [2.24, 2.45) is 7.05 Å². The monoisotopic (exact) mass is 313 g/mol. The van der Waals surface area contributed by atoms with Crippen LogP contribution in [0.15, 0.2) is 27.6 Å². The van der Waals surface area contributed by atoms with Gasteiger partial charge in [-0.25, -0.2) is 4.98 Å². The Morgan fingerprint density at radius 2 is 2.41 bits per heavy atom. The predicted octanol–water partition coefficient (Wildman–Crippen LogP) is 2.52. The Balaban J connectivity index is 2.12. The number of carbonyl (C=O) groups excluding carboxylic acids is 1. The molecule has 0 bridgehead atoms. The van der Waals surface area contributed by atoms with Gasteiger partial charge in [0, 0.05) is 30.1 Å². The van der Waals surface area contributed by atoms with E-state index in [0.29, 0.717) is 12.2 Å². The van der Waals surface area contributed by atoms with Crippen molar-refractivity contribution >= 4 is 33.2 Å². The maximum atomic E-state index is 12.2. The van der Waals surface area contributed by atoms with Gasteiger partial charge in [-0.15, -0.1) is 11.3 Å². The molecule has 0 N–H and O–H groups in total. The maximum Gasteiger partial charge on any atom is 0.270 e. The van der Waals surface area contributed by atoms with Gasteiger partial charge in [0.1, 0.15) is 5.69 Å². The number of thiazole rings is 1. The van der Waals surface area contributed by atoms with Crippen molar-refractivity contribution in [3.63, 3.8) is 0 Å². The smallest absolute Gasteiger partial charge is 0.270 e. The molecule has 17 heavy (non-hydrogen) atoms. The molecule has 0 aliphatic carbocycles. The van der Waals surface area contributed by atoms with E-state index in [1.165, 1.54) is 11.3 Å². The molecule has 0 aromatic carbocycles. The third-order valence-corrected chi connectivity index (χ3v) is 3.49. The first-order chi connectivity index (χ1) is 8.08. The molecule has 0 radical (unpaired) electrons. The Kier molecular flexibility index (Phi) is 3.63. The number of nitrogens with zero attached hydrogens (tertiary/aromatic N) is 3. The summed E-state index contributed by atoms with van der Waals surface area (Å²) in [5, 5.41) is 1.95. The highest BCUT2D eigenvalue weighted by Gasteiger charge is 2.16. The number of hydrogen-bond acceptors (Lipinski definition) is 3. The summed E-state index contributed by atoms with van der Waals surface area (Å²) in [5.41, 5.74) is 3.35. The molecule has 2 aromatic rings. The van der Waals surface area contributed by atoms with E-state index in [1.807, 2.05) is 29.3 Å². The zero-order chi connectivity index (χ0) is 12.4. The molecule has 0 fully saturated rings. The molecular formula is C11H12BrN3OS. The van der Waals surface area contributed by atoms with Crippen molar-refractivity contribution in [2.75, 3.05) is 7.05 Å². The lowest BCUT2D eigenvalue weighted by molar-refractivity contribution is 0.0774. The van der Waals surface area contributed by atoms with Crippen LogP contribution in [0.5, 0.6) is 0 Å². The van der Waals surface area contributed by atoms with Crippen LogP contribution in [0.2, 0.25) is 0 Å². The molecular weight excluding hydrogens is 302 g/mol. The molecule has 0 aliphatic rings. The number of hydrogen-bond donors (Lipinski definition) is 0. The minimum absolute atomic E-state index is 0.00815. The second kappa shape index (κ2) is 5.01. The number of carbonyl (C=O) groups is 1. The van der Waals surface area contributed by atoms with Crippen LogP contribution in [0.3, 0.4) is 0 Å². The summed E-state index contributed by atoms with van der Waals surface area (Å²) in [7, 11) is 3.64. The summed E-state index contributed by atoms with van der Waals surface area (Å²) in [4.78, 5) is 18.0. The van der Waals surface area contributed by atoms with E-state index < -0.39 is 0 Å². The van der Waals surface area contributed by atoms with E-state index in [1.54, 1.807) is 17.5 Å². The number of amides is 1.